The summed E-state index contributed by atoms with van der Waals surface area (Å²) in [7, 11) is 0. The van der Waals surface area contributed by atoms with Crippen LogP contribution in [0, 0.1) is 23.7 Å². The predicted octanol–water partition coefficient (Wildman–Crippen LogP) is 3.33. The normalized spacial score (nSPS) is 26.1. The number of hydrogen-bond donors (Lipinski definition) is 0. The molecule has 2 aliphatic rings. The summed E-state index contributed by atoms with van der Waals surface area (Å²) in [6.07, 6.45) is 2.85. The van der Waals surface area contributed by atoms with Gasteiger partial charge in [-0.3, -0.25) is 9.80 Å². The molecule has 0 N–H and O–H groups in total. The highest BCUT2D eigenvalue weighted by Crippen LogP contribution is 2.28. The van der Waals surface area contributed by atoms with Crippen LogP contribution < -0.4 is 0 Å². The molecule has 0 amide bonds. The Balaban J connectivity index is 1.65. The topological polar surface area (TPSA) is 6.48 Å². The van der Waals surface area contributed by atoms with Crippen LogP contribution in [-0.2, 0) is 0 Å². The Morgan fingerprint density at radius 1 is 0.947 bits per heavy atom. The van der Waals surface area contributed by atoms with E-state index in [-0.39, 0.29) is 0 Å². The van der Waals surface area contributed by atoms with E-state index in [0.717, 1.165) is 29.7 Å². The number of piperidine rings is 1. The Labute approximate surface area is 120 Å². The number of hydrogen-bond acceptors (Lipinski definition) is 2. The molecule has 0 aromatic carbocycles. The molecule has 0 saturated carbocycles. The van der Waals surface area contributed by atoms with Crippen molar-refractivity contribution in [2.24, 2.45) is 23.7 Å². The minimum Gasteiger partial charge on any atom is -0.300 e. The van der Waals surface area contributed by atoms with Crippen LogP contribution in [-0.4, -0.2) is 48.6 Å². The molecule has 2 rings (SSSR count). The first kappa shape index (κ1) is 15.3. The third kappa shape index (κ3) is 3.95. The van der Waals surface area contributed by atoms with Crippen molar-refractivity contribution in [1.82, 2.24) is 9.80 Å². The highest BCUT2D eigenvalue weighted by molar-refractivity contribution is 4.91. The van der Waals surface area contributed by atoms with Crippen molar-refractivity contribution in [3.05, 3.63) is 0 Å². The molecule has 0 radical (unpaired) electrons. The molecule has 2 saturated heterocycles. The van der Waals surface area contributed by atoms with Crippen molar-refractivity contribution >= 4 is 0 Å². The summed E-state index contributed by atoms with van der Waals surface area (Å²) >= 11 is 0. The zero-order chi connectivity index (χ0) is 14.0. The van der Waals surface area contributed by atoms with Crippen molar-refractivity contribution < 1.29 is 0 Å². The predicted molar refractivity (Wildman–Crippen MR) is 83.4 cm³/mol. The zero-order valence-corrected chi connectivity index (χ0v) is 13.7. The lowest BCUT2D eigenvalue weighted by molar-refractivity contribution is 0.000706. The first-order valence-corrected chi connectivity index (χ1v) is 8.43. The Hall–Kier alpha value is -0.0800. The lowest BCUT2D eigenvalue weighted by Gasteiger charge is -2.49. The van der Waals surface area contributed by atoms with Gasteiger partial charge in [0.25, 0.3) is 0 Å². The summed E-state index contributed by atoms with van der Waals surface area (Å²) in [5.41, 5.74) is 0. The third-order valence-electron chi connectivity index (χ3n) is 5.66. The van der Waals surface area contributed by atoms with Crippen molar-refractivity contribution in [2.45, 2.75) is 53.5 Å². The summed E-state index contributed by atoms with van der Waals surface area (Å²) in [5.74, 6) is 3.52. The molecule has 0 aromatic rings. The smallest absolute Gasteiger partial charge is 0.0350 e. The summed E-state index contributed by atoms with van der Waals surface area (Å²) in [6, 6.07) is 0.868. The quantitative estimate of drug-likeness (QED) is 0.753. The van der Waals surface area contributed by atoms with Gasteiger partial charge in [-0.05, 0) is 49.6 Å². The van der Waals surface area contributed by atoms with E-state index in [2.05, 4.69) is 44.4 Å². The van der Waals surface area contributed by atoms with Gasteiger partial charge in [0.15, 0.2) is 0 Å². The van der Waals surface area contributed by atoms with Crippen molar-refractivity contribution in [1.29, 1.82) is 0 Å². The minimum atomic E-state index is 0.820. The molecular weight excluding hydrogens is 232 g/mol. The van der Waals surface area contributed by atoms with Gasteiger partial charge >= 0.3 is 0 Å². The third-order valence-corrected chi connectivity index (χ3v) is 5.66. The lowest BCUT2D eigenvalue weighted by atomic mass is 9.85. The maximum atomic E-state index is 2.76. The Morgan fingerprint density at radius 3 is 2.00 bits per heavy atom. The van der Waals surface area contributed by atoms with Crippen LogP contribution in [0.25, 0.3) is 0 Å². The molecular formula is C17H34N2. The highest BCUT2D eigenvalue weighted by atomic mass is 15.3. The first-order chi connectivity index (χ1) is 8.97. The molecule has 0 aliphatic carbocycles. The van der Waals surface area contributed by atoms with Gasteiger partial charge in [0.2, 0.25) is 0 Å². The van der Waals surface area contributed by atoms with E-state index < -0.39 is 0 Å². The van der Waals surface area contributed by atoms with E-state index in [0.29, 0.717) is 0 Å². The molecule has 0 aromatic heterocycles. The fourth-order valence-corrected chi connectivity index (χ4v) is 3.49. The molecule has 0 bridgehead atoms. The van der Waals surface area contributed by atoms with E-state index in [1.54, 1.807) is 0 Å². The first-order valence-electron chi connectivity index (χ1n) is 8.43. The molecule has 2 aliphatic heterocycles. The van der Waals surface area contributed by atoms with Gasteiger partial charge in [0.05, 0.1) is 0 Å². The maximum absolute atomic E-state index is 2.76. The van der Waals surface area contributed by atoms with E-state index >= 15 is 0 Å². The molecule has 2 heteroatoms. The zero-order valence-electron chi connectivity index (χ0n) is 13.7. The largest absolute Gasteiger partial charge is 0.300 e. The second kappa shape index (κ2) is 6.58. The Morgan fingerprint density at radius 2 is 1.53 bits per heavy atom. The van der Waals surface area contributed by atoms with Crippen LogP contribution >= 0.6 is 0 Å². The SMILES string of the molecule is CC(C)C(C)CN1CC(N2CCC(C(C)C)CC2)C1. The van der Waals surface area contributed by atoms with E-state index in [4.69, 9.17) is 0 Å². The lowest BCUT2D eigenvalue weighted by Crippen LogP contribution is -2.61. The van der Waals surface area contributed by atoms with Gasteiger partial charge in [-0.15, -0.1) is 0 Å². The minimum absolute atomic E-state index is 0.820. The molecule has 1 atom stereocenters. The summed E-state index contributed by atoms with van der Waals surface area (Å²) < 4.78 is 0. The second-order valence-electron chi connectivity index (χ2n) is 7.71. The van der Waals surface area contributed by atoms with Crippen LogP contribution in [0.4, 0.5) is 0 Å². The molecule has 19 heavy (non-hydrogen) atoms. The van der Waals surface area contributed by atoms with Crippen LogP contribution in [0.1, 0.15) is 47.5 Å². The Bertz CT molecular complexity index is 260. The monoisotopic (exact) mass is 266 g/mol. The average Bonchev–Trinajstić information content (AvgIpc) is 2.33. The van der Waals surface area contributed by atoms with Gasteiger partial charge in [0, 0.05) is 25.7 Å². The molecule has 112 valence electrons. The fourth-order valence-electron chi connectivity index (χ4n) is 3.49. The molecule has 2 heterocycles. The average molecular weight is 266 g/mol. The summed E-state index contributed by atoms with van der Waals surface area (Å²) in [5, 5.41) is 0. The van der Waals surface area contributed by atoms with E-state index in [9.17, 15) is 0 Å². The van der Waals surface area contributed by atoms with Crippen LogP contribution in [0.2, 0.25) is 0 Å². The molecule has 2 fully saturated rings. The molecule has 1 unspecified atom stereocenters. The summed E-state index contributed by atoms with van der Waals surface area (Å²) in [6.45, 7) is 18.5. The number of likely N-dealkylation sites (tertiary alicyclic amines) is 2. The van der Waals surface area contributed by atoms with Crippen LogP contribution in [0.5, 0.6) is 0 Å². The van der Waals surface area contributed by atoms with Gasteiger partial charge in [-0.2, -0.15) is 0 Å². The van der Waals surface area contributed by atoms with Crippen molar-refractivity contribution in [3.63, 3.8) is 0 Å². The Kier molecular flexibility index (Phi) is 5.30. The highest BCUT2D eigenvalue weighted by Gasteiger charge is 2.34. The van der Waals surface area contributed by atoms with Crippen LogP contribution in [0.15, 0.2) is 0 Å². The van der Waals surface area contributed by atoms with Gasteiger partial charge in [0.1, 0.15) is 0 Å². The van der Waals surface area contributed by atoms with Gasteiger partial charge in [-0.25, -0.2) is 0 Å². The van der Waals surface area contributed by atoms with Gasteiger partial charge < -0.3 is 0 Å². The molecule has 0 spiro atoms. The maximum Gasteiger partial charge on any atom is 0.0350 e. The van der Waals surface area contributed by atoms with E-state index in [1.165, 1.54) is 45.6 Å². The van der Waals surface area contributed by atoms with Crippen molar-refractivity contribution in [3.8, 4) is 0 Å². The van der Waals surface area contributed by atoms with E-state index in [1.807, 2.05) is 0 Å². The number of nitrogens with zero attached hydrogens (tertiary/aromatic N) is 2. The van der Waals surface area contributed by atoms with Gasteiger partial charge in [-0.1, -0.05) is 34.6 Å². The number of rotatable bonds is 5. The fraction of sp³-hybridized carbons (Fsp3) is 1.00. The standard InChI is InChI=1S/C17H34N2/c1-13(2)15(5)10-18-11-17(12-18)19-8-6-16(7-9-19)14(3)4/h13-17H,6-12H2,1-5H3. The van der Waals surface area contributed by atoms with Crippen LogP contribution in [0.3, 0.4) is 0 Å². The van der Waals surface area contributed by atoms with Crippen molar-refractivity contribution in [2.75, 3.05) is 32.7 Å². The molecule has 2 nitrogen and oxygen atoms in total. The summed E-state index contributed by atoms with van der Waals surface area (Å²) in [4.78, 5) is 5.42. The second-order valence-corrected chi connectivity index (χ2v) is 7.71.